The van der Waals surface area contributed by atoms with Gasteiger partial charge in [0.15, 0.2) is 5.65 Å². The van der Waals surface area contributed by atoms with Crippen molar-refractivity contribution in [3.8, 4) is 0 Å². The van der Waals surface area contributed by atoms with E-state index in [4.69, 9.17) is 5.73 Å². The Morgan fingerprint density at radius 3 is 2.94 bits per heavy atom. The summed E-state index contributed by atoms with van der Waals surface area (Å²) < 4.78 is 3.24. The number of hydrogen-bond acceptors (Lipinski definition) is 4. The monoisotopic (exact) mass is 265 g/mol. The summed E-state index contributed by atoms with van der Waals surface area (Å²) in [5.41, 5.74) is 6.86. The van der Waals surface area contributed by atoms with Crippen molar-refractivity contribution in [3.05, 3.63) is 41.1 Å². The van der Waals surface area contributed by atoms with Crippen LogP contribution in [0.1, 0.15) is 0 Å². The van der Waals surface area contributed by atoms with Crippen LogP contribution in [0.2, 0.25) is 0 Å². The highest BCUT2D eigenvalue weighted by Gasteiger charge is 2.06. The minimum atomic E-state index is -0.0853. The van der Waals surface area contributed by atoms with E-state index in [1.807, 2.05) is 6.07 Å². The molecule has 0 saturated carbocycles. The SMILES string of the molecule is Cl.NCCn1ccc2c(cnc3ccnn32)c1=O. The molecule has 0 fully saturated rings. The van der Waals surface area contributed by atoms with Gasteiger partial charge in [-0.3, -0.25) is 4.79 Å². The Morgan fingerprint density at radius 2 is 2.17 bits per heavy atom. The number of nitrogens with two attached hydrogens (primary N) is 1. The molecule has 7 heteroatoms. The van der Waals surface area contributed by atoms with Gasteiger partial charge in [-0.2, -0.15) is 5.10 Å². The standard InChI is InChI=1S/C11H11N5O.ClH/c12-3-6-15-5-2-9-8(11(15)17)7-13-10-1-4-14-16(9)10;/h1-2,4-5,7H,3,6,12H2;1H. The van der Waals surface area contributed by atoms with Gasteiger partial charge in [-0.05, 0) is 6.07 Å². The van der Waals surface area contributed by atoms with Gasteiger partial charge < -0.3 is 10.3 Å². The molecule has 0 bridgehead atoms. The second-order valence-electron chi connectivity index (χ2n) is 3.76. The Hall–Kier alpha value is -1.92. The fraction of sp³-hybridized carbons (Fsp3) is 0.182. The van der Waals surface area contributed by atoms with Crippen molar-refractivity contribution < 1.29 is 0 Å². The van der Waals surface area contributed by atoms with Crippen molar-refractivity contribution >= 4 is 29.0 Å². The molecule has 0 aliphatic heterocycles. The number of rotatable bonds is 2. The van der Waals surface area contributed by atoms with Crippen molar-refractivity contribution in [3.63, 3.8) is 0 Å². The van der Waals surface area contributed by atoms with Crippen molar-refractivity contribution in [1.82, 2.24) is 19.2 Å². The predicted octanol–water partition coefficient (Wildman–Crippen LogP) is 0.425. The van der Waals surface area contributed by atoms with Crippen LogP contribution in [0.3, 0.4) is 0 Å². The van der Waals surface area contributed by atoms with E-state index in [-0.39, 0.29) is 18.0 Å². The Morgan fingerprint density at radius 1 is 1.33 bits per heavy atom. The third-order valence-corrected chi connectivity index (χ3v) is 2.73. The van der Waals surface area contributed by atoms with E-state index in [9.17, 15) is 4.79 Å². The topological polar surface area (TPSA) is 78.2 Å². The predicted molar refractivity (Wildman–Crippen MR) is 71.1 cm³/mol. The molecule has 0 spiro atoms. The molecule has 0 amide bonds. The van der Waals surface area contributed by atoms with Crippen LogP contribution < -0.4 is 11.3 Å². The minimum absolute atomic E-state index is 0. The first-order valence-corrected chi connectivity index (χ1v) is 5.33. The maximum Gasteiger partial charge on any atom is 0.261 e. The van der Waals surface area contributed by atoms with Gasteiger partial charge in [0.05, 0.1) is 17.1 Å². The average Bonchev–Trinajstić information content (AvgIpc) is 2.81. The number of halogens is 1. The highest BCUT2D eigenvalue weighted by Crippen LogP contribution is 2.09. The molecule has 0 unspecified atom stereocenters. The summed E-state index contributed by atoms with van der Waals surface area (Å²) in [6.45, 7) is 0.939. The number of nitrogens with zero attached hydrogens (tertiary/aromatic N) is 4. The molecule has 18 heavy (non-hydrogen) atoms. The molecule has 3 heterocycles. The summed E-state index contributed by atoms with van der Waals surface area (Å²) in [5.74, 6) is 0. The summed E-state index contributed by atoms with van der Waals surface area (Å²) in [6, 6.07) is 3.65. The largest absolute Gasteiger partial charge is 0.329 e. The molecule has 6 nitrogen and oxygen atoms in total. The van der Waals surface area contributed by atoms with Gasteiger partial charge in [-0.15, -0.1) is 12.4 Å². The van der Waals surface area contributed by atoms with Crippen LogP contribution in [-0.2, 0) is 6.54 Å². The molecule has 0 aliphatic carbocycles. The van der Waals surface area contributed by atoms with Crippen LogP contribution in [0, 0.1) is 0 Å². The van der Waals surface area contributed by atoms with Crippen LogP contribution in [0.25, 0.3) is 16.6 Å². The van der Waals surface area contributed by atoms with Crippen molar-refractivity contribution in [2.75, 3.05) is 6.54 Å². The summed E-state index contributed by atoms with van der Waals surface area (Å²) in [4.78, 5) is 16.3. The van der Waals surface area contributed by atoms with E-state index >= 15 is 0 Å². The Kier molecular flexibility index (Phi) is 3.31. The highest BCUT2D eigenvalue weighted by atomic mass is 35.5. The molecular formula is C11H12ClN5O. The van der Waals surface area contributed by atoms with E-state index in [1.165, 1.54) is 0 Å². The van der Waals surface area contributed by atoms with Gasteiger partial charge in [0.2, 0.25) is 0 Å². The Labute approximate surface area is 108 Å². The lowest BCUT2D eigenvalue weighted by Crippen LogP contribution is -2.24. The van der Waals surface area contributed by atoms with Crippen LogP contribution in [0.4, 0.5) is 0 Å². The molecule has 0 aliphatic rings. The van der Waals surface area contributed by atoms with Crippen molar-refractivity contribution in [2.45, 2.75) is 6.54 Å². The van der Waals surface area contributed by atoms with E-state index < -0.39 is 0 Å². The second-order valence-corrected chi connectivity index (χ2v) is 3.76. The first-order valence-electron chi connectivity index (χ1n) is 5.33. The molecule has 0 radical (unpaired) electrons. The van der Waals surface area contributed by atoms with Crippen LogP contribution in [0.15, 0.2) is 35.5 Å². The third kappa shape index (κ3) is 1.75. The molecule has 3 aromatic rings. The minimum Gasteiger partial charge on any atom is -0.329 e. The van der Waals surface area contributed by atoms with Gasteiger partial charge in [0, 0.05) is 31.5 Å². The van der Waals surface area contributed by atoms with Crippen LogP contribution in [0.5, 0.6) is 0 Å². The number of fused-ring (bicyclic) bond motifs is 3. The van der Waals surface area contributed by atoms with Crippen molar-refractivity contribution in [2.24, 2.45) is 5.73 Å². The summed E-state index contributed by atoms with van der Waals surface area (Å²) in [5, 5.41) is 4.70. The van der Waals surface area contributed by atoms with Gasteiger partial charge in [0.25, 0.3) is 5.56 Å². The zero-order valence-corrected chi connectivity index (χ0v) is 10.3. The molecule has 0 saturated heterocycles. The first-order chi connectivity index (χ1) is 8.31. The van der Waals surface area contributed by atoms with E-state index in [2.05, 4.69) is 10.1 Å². The average molecular weight is 266 g/mol. The maximum atomic E-state index is 12.1. The lowest BCUT2D eigenvalue weighted by Gasteiger charge is -2.06. The lowest BCUT2D eigenvalue weighted by molar-refractivity contribution is 0.685. The zero-order chi connectivity index (χ0) is 11.8. The number of hydrogen-bond donors (Lipinski definition) is 1. The van der Waals surface area contributed by atoms with E-state index in [0.717, 1.165) is 11.2 Å². The highest BCUT2D eigenvalue weighted by molar-refractivity contribution is 5.85. The van der Waals surface area contributed by atoms with Gasteiger partial charge in [-0.25, -0.2) is 9.50 Å². The van der Waals surface area contributed by atoms with Gasteiger partial charge in [0.1, 0.15) is 0 Å². The quantitative estimate of drug-likeness (QED) is 0.729. The smallest absolute Gasteiger partial charge is 0.261 e. The van der Waals surface area contributed by atoms with Gasteiger partial charge in [-0.1, -0.05) is 0 Å². The lowest BCUT2D eigenvalue weighted by atomic mass is 10.3. The molecule has 3 aromatic heterocycles. The molecule has 94 valence electrons. The number of aromatic nitrogens is 4. The Balaban J connectivity index is 0.00000120. The Bertz CT molecular complexity index is 748. The normalized spacial score (nSPS) is 10.7. The van der Waals surface area contributed by atoms with E-state index in [1.54, 1.807) is 33.7 Å². The van der Waals surface area contributed by atoms with Crippen LogP contribution in [-0.4, -0.2) is 25.7 Å². The summed E-state index contributed by atoms with van der Waals surface area (Å²) in [7, 11) is 0. The summed E-state index contributed by atoms with van der Waals surface area (Å²) in [6.07, 6.45) is 4.98. The van der Waals surface area contributed by atoms with Crippen LogP contribution >= 0.6 is 12.4 Å². The molecule has 2 N–H and O–H groups in total. The first kappa shape index (κ1) is 12.5. The molecule has 3 rings (SSSR count). The van der Waals surface area contributed by atoms with E-state index in [0.29, 0.717) is 18.5 Å². The maximum absolute atomic E-state index is 12.1. The van der Waals surface area contributed by atoms with Crippen molar-refractivity contribution in [1.29, 1.82) is 0 Å². The number of pyridine rings is 1. The molecule has 0 atom stereocenters. The zero-order valence-electron chi connectivity index (χ0n) is 9.48. The fourth-order valence-corrected chi connectivity index (χ4v) is 1.91. The third-order valence-electron chi connectivity index (χ3n) is 2.73. The fourth-order valence-electron chi connectivity index (χ4n) is 1.91. The van der Waals surface area contributed by atoms with Gasteiger partial charge >= 0.3 is 0 Å². The molecule has 0 aromatic carbocycles. The second kappa shape index (κ2) is 4.75. The molecular weight excluding hydrogens is 254 g/mol. The summed E-state index contributed by atoms with van der Waals surface area (Å²) >= 11 is 0.